The molecule has 2 aromatic carbocycles. The maximum absolute atomic E-state index is 13.7. The molecule has 0 aromatic heterocycles. The van der Waals surface area contributed by atoms with Gasteiger partial charge in [0.15, 0.2) is 5.78 Å². The van der Waals surface area contributed by atoms with Crippen molar-refractivity contribution in [2.45, 2.75) is 81.6 Å². The average molecular weight is 575 g/mol. The van der Waals surface area contributed by atoms with Crippen LogP contribution in [0.1, 0.15) is 49.7 Å². The van der Waals surface area contributed by atoms with Gasteiger partial charge >= 0.3 is 0 Å². The minimum absolute atomic E-state index is 0.0992. The second-order valence-electron chi connectivity index (χ2n) is 11.3. The van der Waals surface area contributed by atoms with E-state index in [9.17, 15) is 24.0 Å². The monoisotopic (exact) mass is 574 g/mol. The van der Waals surface area contributed by atoms with E-state index in [-0.39, 0.29) is 36.5 Å². The Kier molecular flexibility index (Phi) is 9.63. The molecular weight excluding hydrogens is 536 g/mol. The van der Waals surface area contributed by atoms with Gasteiger partial charge in [-0.3, -0.25) is 24.0 Å². The first-order valence-corrected chi connectivity index (χ1v) is 14.8. The Morgan fingerprint density at radius 2 is 1.31 bits per heavy atom. The quantitative estimate of drug-likeness (QED) is 0.275. The molecule has 3 N–H and O–H groups in total. The maximum Gasteiger partial charge on any atom is 0.246 e. The normalized spacial score (nSPS) is 26.0. The van der Waals surface area contributed by atoms with E-state index in [0.717, 1.165) is 11.1 Å². The number of amides is 4. The van der Waals surface area contributed by atoms with Crippen LogP contribution in [0.3, 0.4) is 0 Å². The van der Waals surface area contributed by atoms with Gasteiger partial charge in [-0.05, 0) is 30.4 Å². The van der Waals surface area contributed by atoms with E-state index in [1.165, 1.54) is 4.90 Å². The molecule has 5 rings (SSSR count). The number of unbranched alkanes of at least 4 members (excludes halogenated alkanes) is 2. The van der Waals surface area contributed by atoms with Crippen molar-refractivity contribution in [1.82, 2.24) is 20.9 Å². The molecule has 3 heterocycles. The lowest BCUT2D eigenvalue weighted by Crippen LogP contribution is -2.66. The third kappa shape index (κ3) is 7.61. The zero-order valence-electron chi connectivity index (χ0n) is 23.6. The van der Waals surface area contributed by atoms with Crippen molar-refractivity contribution in [2.75, 3.05) is 13.2 Å². The fourth-order valence-electron chi connectivity index (χ4n) is 5.53. The summed E-state index contributed by atoms with van der Waals surface area (Å²) in [6.07, 6.45) is 3.49. The fourth-order valence-corrected chi connectivity index (χ4v) is 5.53. The number of ketones is 1. The Morgan fingerprint density at radius 1 is 0.738 bits per heavy atom. The largest absolute Gasteiger partial charge is 0.365 e. The van der Waals surface area contributed by atoms with Gasteiger partial charge < -0.3 is 25.6 Å². The minimum atomic E-state index is -0.951. The maximum atomic E-state index is 13.7. The van der Waals surface area contributed by atoms with Crippen molar-refractivity contribution in [3.05, 3.63) is 71.8 Å². The summed E-state index contributed by atoms with van der Waals surface area (Å²) in [6.45, 7) is 0.902. The Hall–Kier alpha value is -4.05. The zero-order valence-corrected chi connectivity index (χ0v) is 23.6. The molecule has 0 spiro atoms. The Balaban J connectivity index is 1.33. The van der Waals surface area contributed by atoms with E-state index in [2.05, 4.69) is 16.0 Å². The molecule has 222 valence electrons. The highest BCUT2D eigenvalue weighted by Gasteiger charge is 2.43. The molecule has 0 bridgehead atoms. The summed E-state index contributed by atoms with van der Waals surface area (Å²) in [7, 11) is 0. The molecule has 3 fully saturated rings. The van der Waals surface area contributed by atoms with Crippen molar-refractivity contribution >= 4 is 29.4 Å². The van der Waals surface area contributed by atoms with Crippen LogP contribution in [0.5, 0.6) is 0 Å². The van der Waals surface area contributed by atoms with Gasteiger partial charge in [0.1, 0.15) is 30.3 Å². The van der Waals surface area contributed by atoms with Crippen LogP contribution in [0.2, 0.25) is 0 Å². The first-order valence-electron chi connectivity index (χ1n) is 14.8. The van der Waals surface area contributed by atoms with Crippen LogP contribution in [0.25, 0.3) is 0 Å². The molecule has 0 saturated carbocycles. The highest BCUT2D eigenvalue weighted by molar-refractivity contribution is 5.98. The molecule has 5 atom stereocenters. The lowest BCUT2D eigenvalue weighted by molar-refractivity contribution is -0.151. The van der Waals surface area contributed by atoms with Gasteiger partial charge in [0.05, 0.1) is 6.61 Å². The first kappa shape index (κ1) is 29.4. The predicted octanol–water partition coefficient (Wildman–Crippen LogP) is 1.46. The number of benzene rings is 2. The van der Waals surface area contributed by atoms with Crippen LogP contribution in [0, 0.1) is 0 Å². The molecule has 2 aromatic rings. The lowest BCUT2D eigenvalue weighted by Gasteiger charge is -2.42. The number of rotatable bonds is 11. The third-order valence-electron chi connectivity index (χ3n) is 8.16. The van der Waals surface area contributed by atoms with Crippen LogP contribution in [0.4, 0.5) is 0 Å². The Morgan fingerprint density at radius 3 is 1.90 bits per heavy atom. The van der Waals surface area contributed by atoms with Crippen LogP contribution in [0.15, 0.2) is 60.7 Å². The Bertz CT molecular complexity index is 1280. The summed E-state index contributed by atoms with van der Waals surface area (Å²) >= 11 is 0. The molecule has 10 heteroatoms. The molecule has 10 nitrogen and oxygen atoms in total. The average Bonchev–Trinajstić information content (AvgIpc) is 3.81. The van der Waals surface area contributed by atoms with Crippen LogP contribution < -0.4 is 16.0 Å². The number of nitrogens with zero attached hydrogens (tertiary/aromatic N) is 1. The highest BCUT2D eigenvalue weighted by atomic mass is 16.6. The van der Waals surface area contributed by atoms with Gasteiger partial charge in [0.2, 0.25) is 23.6 Å². The van der Waals surface area contributed by atoms with E-state index in [0.29, 0.717) is 51.7 Å². The Labute approximate surface area is 245 Å². The number of carbonyl (C=O) groups is 5. The first-order chi connectivity index (χ1) is 20.4. The number of carbonyl (C=O) groups excluding carboxylic acids is 5. The van der Waals surface area contributed by atoms with Gasteiger partial charge in [-0.1, -0.05) is 73.5 Å². The summed E-state index contributed by atoms with van der Waals surface area (Å²) < 4.78 is 5.03. The van der Waals surface area contributed by atoms with Gasteiger partial charge in [-0.25, -0.2) is 0 Å². The van der Waals surface area contributed by atoms with E-state index < -0.39 is 36.0 Å². The molecule has 1 unspecified atom stereocenters. The second kappa shape index (κ2) is 13.7. The second-order valence-corrected chi connectivity index (χ2v) is 11.3. The van der Waals surface area contributed by atoms with E-state index >= 15 is 0 Å². The summed E-state index contributed by atoms with van der Waals surface area (Å²) in [4.78, 5) is 67.7. The topological polar surface area (TPSA) is 137 Å². The molecule has 0 radical (unpaired) electrons. The number of hydrogen-bond acceptors (Lipinski definition) is 6. The van der Waals surface area contributed by atoms with E-state index in [1.807, 2.05) is 60.7 Å². The molecule has 3 aliphatic rings. The minimum Gasteiger partial charge on any atom is -0.365 e. The smallest absolute Gasteiger partial charge is 0.246 e. The SMILES string of the molecule is O=C1N[C@@H](CCCCCC(=O)[C@@H]2CO2)C(=O)N[C@@H](Cc2ccccc2)C(=O)N[C@@H](Cc2ccccc2)C(=O)N2CCC12. The van der Waals surface area contributed by atoms with E-state index in [4.69, 9.17) is 4.74 Å². The molecule has 4 amide bonds. The van der Waals surface area contributed by atoms with E-state index in [1.54, 1.807) is 0 Å². The third-order valence-corrected chi connectivity index (χ3v) is 8.16. The fraction of sp³-hybridized carbons (Fsp3) is 0.469. The van der Waals surface area contributed by atoms with Crippen molar-refractivity contribution in [2.24, 2.45) is 0 Å². The summed E-state index contributed by atoms with van der Waals surface area (Å²) in [5, 5.41) is 8.64. The van der Waals surface area contributed by atoms with Crippen LogP contribution >= 0.6 is 0 Å². The van der Waals surface area contributed by atoms with Crippen molar-refractivity contribution < 1.29 is 28.7 Å². The molecular formula is C32H38N4O6. The van der Waals surface area contributed by atoms with Gasteiger partial charge in [0.25, 0.3) is 0 Å². The molecule has 42 heavy (non-hydrogen) atoms. The lowest BCUT2D eigenvalue weighted by atomic mass is 9.95. The number of Topliss-reactive ketones (excluding diaryl/α,β-unsaturated/α-hetero) is 1. The summed E-state index contributed by atoms with van der Waals surface area (Å²) in [5.74, 6) is -1.49. The molecule has 0 aliphatic carbocycles. The van der Waals surface area contributed by atoms with Gasteiger partial charge in [-0.2, -0.15) is 0 Å². The summed E-state index contributed by atoms with van der Waals surface area (Å²) in [6, 6.07) is 15.3. The van der Waals surface area contributed by atoms with Crippen molar-refractivity contribution in [3.63, 3.8) is 0 Å². The highest BCUT2D eigenvalue weighted by Crippen LogP contribution is 2.22. The predicted molar refractivity (Wildman–Crippen MR) is 154 cm³/mol. The van der Waals surface area contributed by atoms with Crippen molar-refractivity contribution in [1.29, 1.82) is 0 Å². The number of hydrogen-bond donors (Lipinski definition) is 3. The van der Waals surface area contributed by atoms with Gasteiger partial charge in [0, 0.05) is 25.8 Å². The van der Waals surface area contributed by atoms with Crippen LogP contribution in [-0.4, -0.2) is 77.7 Å². The van der Waals surface area contributed by atoms with Crippen molar-refractivity contribution in [3.8, 4) is 0 Å². The molecule has 3 saturated heterocycles. The number of nitrogens with one attached hydrogen (secondary N) is 3. The number of ether oxygens (including phenoxy) is 1. The molecule has 3 aliphatic heterocycles. The van der Waals surface area contributed by atoms with Crippen LogP contribution in [-0.2, 0) is 41.6 Å². The zero-order chi connectivity index (χ0) is 29.5. The number of epoxide rings is 1. The summed E-state index contributed by atoms with van der Waals surface area (Å²) in [5.41, 5.74) is 1.73. The number of fused-ring (bicyclic) bond motifs is 1. The standard InChI is InChI=1S/C32H38N4O6/c37-27(28-20-42-28)15-9-3-8-14-23-29(38)34-24(18-21-10-4-1-5-11-21)30(39)35-25(19-22-12-6-2-7-13-22)32(41)36-17-16-26(36)31(40)33-23/h1-2,4-7,10-13,23-26,28H,3,8-9,14-20H2,(H,33,40)(H,34,38)(H,35,39)/t23-,24-,25-,26?,28-/m0/s1. The van der Waals surface area contributed by atoms with Gasteiger partial charge in [-0.15, -0.1) is 0 Å².